The lowest BCUT2D eigenvalue weighted by molar-refractivity contribution is 0.193. The highest BCUT2D eigenvalue weighted by Gasteiger charge is 2.29. The van der Waals surface area contributed by atoms with Gasteiger partial charge in [-0.2, -0.15) is 0 Å². The van der Waals surface area contributed by atoms with Gasteiger partial charge in [0, 0.05) is 6.54 Å². The third kappa shape index (κ3) is 3.26. The van der Waals surface area contributed by atoms with Crippen LogP contribution in [0.4, 0.5) is 0 Å². The summed E-state index contributed by atoms with van der Waals surface area (Å²) < 4.78 is 0. The molecule has 1 aliphatic heterocycles. The van der Waals surface area contributed by atoms with Crippen molar-refractivity contribution in [2.24, 2.45) is 16.5 Å². The minimum Gasteiger partial charge on any atom is -0.385 e. The molecule has 2 rings (SSSR count). The molecule has 0 amide bonds. The van der Waals surface area contributed by atoms with Crippen LogP contribution in [0, 0.1) is 0 Å². The van der Waals surface area contributed by atoms with Crippen LogP contribution in [0.1, 0.15) is 12.5 Å². The molecule has 1 aromatic carbocycles. The maximum Gasteiger partial charge on any atom is 0.196 e. The van der Waals surface area contributed by atoms with Gasteiger partial charge in [0.2, 0.25) is 0 Å². The molecule has 102 valence electrons. The Hall–Kier alpha value is -2.01. The molecule has 1 atom stereocenters. The van der Waals surface area contributed by atoms with Gasteiger partial charge in [0.1, 0.15) is 11.5 Å². The van der Waals surface area contributed by atoms with Crippen molar-refractivity contribution in [3.05, 3.63) is 47.8 Å². The highest BCUT2D eigenvalue weighted by Crippen LogP contribution is 2.20. The van der Waals surface area contributed by atoms with Gasteiger partial charge in [-0.1, -0.05) is 30.3 Å². The Bertz CT molecular complexity index is 474. The van der Waals surface area contributed by atoms with Crippen molar-refractivity contribution in [3.8, 4) is 0 Å². The molecule has 19 heavy (non-hydrogen) atoms. The molecular weight excluding hydrogens is 238 g/mol. The van der Waals surface area contributed by atoms with Crippen LogP contribution in [0.3, 0.4) is 0 Å². The molecule has 0 saturated heterocycles. The summed E-state index contributed by atoms with van der Waals surface area (Å²) in [5.74, 6) is 0.899. The summed E-state index contributed by atoms with van der Waals surface area (Å²) in [6.07, 6.45) is 2.85. The maximum absolute atomic E-state index is 5.81. The van der Waals surface area contributed by atoms with E-state index in [2.05, 4.69) is 39.5 Å². The summed E-state index contributed by atoms with van der Waals surface area (Å²) in [5.41, 5.74) is 12.4. The average molecular weight is 259 g/mol. The molecule has 0 spiro atoms. The van der Waals surface area contributed by atoms with Gasteiger partial charge < -0.3 is 16.8 Å². The van der Waals surface area contributed by atoms with Gasteiger partial charge in [-0.25, -0.2) is 4.99 Å². The smallest absolute Gasteiger partial charge is 0.196 e. The van der Waals surface area contributed by atoms with Crippen LogP contribution >= 0.6 is 0 Å². The number of hydrogen-bond donors (Lipinski definition) is 3. The third-order valence-corrected chi connectivity index (χ3v) is 3.40. The fraction of sp³-hybridized carbons (Fsp3) is 0.357. The van der Waals surface area contributed by atoms with Crippen molar-refractivity contribution in [1.82, 2.24) is 10.2 Å². The Morgan fingerprint density at radius 2 is 1.95 bits per heavy atom. The van der Waals surface area contributed by atoms with Crippen LogP contribution in [0.5, 0.6) is 0 Å². The lowest BCUT2D eigenvalue weighted by atomic mass is 10.1. The molecule has 0 radical (unpaired) electrons. The van der Waals surface area contributed by atoms with Crippen LogP contribution < -0.4 is 16.8 Å². The number of aliphatic imine (C=N–C) groups is 1. The number of guanidine groups is 1. The van der Waals surface area contributed by atoms with Crippen LogP contribution in [0.15, 0.2) is 47.2 Å². The minimum absolute atomic E-state index is 0.356. The second-order valence-corrected chi connectivity index (χ2v) is 4.97. The summed E-state index contributed by atoms with van der Waals surface area (Å²) in [7, 11) is 2.02. The average Bonchev–Trinajstić information content (AvgIpc) is 2.35. The topological polar surface area (TPSA) is 79.7 Å². The van der Waals surface area contributed by atoms with E-state index in [1.54, 1.807) is 0 Å². The molecule has 5 N–H and O–H groups in total. The summed E-state index contributed by atoms with van der Waals surface area (Å²) in [5, 5.41) is 2.80. The normalized spacial score (nSPS) is 22.7. The summed E-state index contributed by atoms with van der Waals surface area (Å²) in [6, 6.07) is 10.4. The van der Waals surface area contributed by atoms with E-state index in [1.165, 1.54) is 5.56 Å². The number of nitrogens with zero attached hydrogens (tertiary/aromatic N) is 2. The zero-order valence-corrected chi connectivity index (χ0v) is 11.4. The van der Waals surface area contributed by atoms with E-state index in [4.69, 9.17) is 11.5 Å². The van der Waals surface area contributed by atoms with Crippen molar-refractivity contribution in [2.45, 2.75) is 19.0 Å². The molecule has 5 nitrogen and oxygen atoms in total. The van der Waals surface area contributed by atoms with Gasteiger partial charge in [-0.05, 0) is 32.0 Å². The molecule has 5 heteroatoms. The molecule has 0 aromatic heterocycles. The Labute approximate surface area is 114 Å². The minimum atomic E-state index is -0.492. The van der Waals surface area contributed by atoms with Gasteiger partial charge in [-0.15, -0.1) is 0 Å². The first-order valence-corrected chi connectivity index (χ1v) is 6.35. The highest BCUT2D eigenvalue weighted by molar-refractivity contribution is 5.81. The van der Waals surface area contributed by atoms with Crippen LogP contribution in [-0.4, -0.2) is 30.1 Å². The van der Waals surface area contributed by atoms with Gasteiger partial charge in [-0.3, -0.25) is 4.90 Å². The molecule has 0 aliphatic carbocycles. The van der Waals surface area contributed by atoms with Crippen molar-refractivity contribution < 1.29 is 0 Å². The van der Waals surface area contributed by atoms with Gasteiger partial charge in [0.15, 0.2) is 5.96 Å². The summed E-state index contributed by atoms with van der Waals surface area (Å²) in [6.45, 7) is 2.87. The number of likely N-dealkylation sites (N-methyl/N-ethyl adjacent to an activating group) is 1. The molecule has 1 heterocycles. The molecule has 0 saturated carbocycles. The Morgan fingerprint density at radius 3 is 2.58 bits per heavy atom. The molecule has 0 bridgehead atoms. The van der Waals surface area contributed by atoms with Gasteiger partial charge in [0.05, 0.1) is 0 Å². The van der Waals surface area contributed by atoms with Crippen molar-refractivity contribution in [1.29, 1.82) is 0 Å². The predicted molar refractivity (Wildman–Crippen MR) is 78.2 cm³/mol. The fourth-order valence-electron chi connectivity index (χ4n) is 2.15. The maximum atomic E-state index is 5.81. The summed E-state index contributed by atoms with van der Waals surface area (Å²) in [4.78, 5) is 6.57. The molecular formula is C14H21N5. The zero-order chi connectivity index (χ0) is 13.9. The molecule has 1 aromatic rings. The van der Waals surface area contributed by atoms with Crippen LogP contribution in [0.25, 0.3) is 0 Å². The highest BCUT2D eigenvalue weighted by atomic mass is 15.3. The van der Waals surface area contributed by atoms with Gasteiger partial charge in [0.25, 0.3) is 0 Å². The Balaban J connectivity index is 2.03. The number of rotatable bonds is 4. The molecule has 1 unspecified atom stereocenters. The van der Waals surface area contributed by atoms with E-state index in [9.17, 15) is 0 Å². The van der Waals surface area contributed by atoms with E-state index >= 15 is 0 Å². The lowest BCUT2D eigenvalue weighted by Crippen LogP contribution is -2.50. The van der Waals surface area contributed by atoms with Gasteiger partial charge >= 0.3 is 0 Å². The van der Waals surface area contributed by atoms with Crippen molar-refractivity contribution >= 4 is 5.96 Å². The SMILES string of the molecule is CN(CCc1ccccc1)C1(C)C=C(N)NC(N)=N1. The number of nitrogens with two attached hydrogens (primary N) is 2. The zero-order valence-electron chi connectivity index (χ0n) is 11.4. The molecule has 0 fully saturated rings. The quantitative estimate of drug-likeness (QED) is 0.739. The van der Waals surface area contributed by atoms with E-state index in [0.717, 1.165) is 13.0 Å². The first-order valence-electron chi connectivity index (χ1n) is 6.35. The van der Waals surface area contributed by atoms with E-state index in [-0.39, 0.29) is 0 Å². The first kappa shape index (κ1) is 13.4. The fourth-order valence-corrected chi connectivity index (χ4v) is 2.15. The van der Waals surface area contributed by atoms with E-state index in [1.807, 2.05) is 26.1 Å². The lowest BCUT2D eigenvalue weighted by Gasteiger charge is -2.35. The van der Waals surface area contributed by atoms with E-state index < -0.39 is 5.66 Å². The molecule has 1 aliphatic rings. The third-order valence-electron chi connectivity index (χ3n) is 3.40. The first-order chi connectivity index (χ1) is 8.99. The van der Waals surface area contributed by atoms with Crippen LogP contribution in [0.2, 0.25) is 0 Å². The second-order valence-electron chi connectivity index (χ2n) is 4.97. The largest absolute Gasteiger partial charge is 0.385 e. The van der Waals surface area contributed by atoms with Crippen molar-refractivity contribution in [2.75, 3.05) is 13.6 Å². The van der Waals surface area contributed by atoms with E-state index in [0.29, 0.717) is 11.8 Å². The Kier molecular flexibility index (Phi) is 3.76. The monoisotopic (exact) mass is 259 g/mol. The predicted octanol–water partition coefficient (Wildman–Crippen LogP) is 0.595. The van der Waals surface area contributed by atoms with Crippen molar-refractivity contribution in [3.63, 3.8) is 0 Å². The second kappa shape index (κ2) is 5.32. The number of nitrogens with one attached hydrogen (secondary N) is 1. The Morgan fingerprint density at radius 1 is 1.26 bits per heavy atom. The standard InChI is InChI=1S/C14H21N5/c1-14(10-12(15)17-13(16)18-14)19(2)9-8-11-6-4-3-5-7-11/h3-7,10H,8-9,15H2,1-2H3,(H3,16,17,18). The number of benzene rings is 1. The summed E-state index contributed by atoms with van der Waals surface area (Å²) >= 11 is 0. The van der Waals surface area contributed by atoms with Crippen LogP contribution in [-0.2, 0) is 6.42 Å². The number of hydrogen-bond acceptors (Lipinski definition) is 5.